The summed E-state index contributed by atoms with van der Waals surface area (Å²) in [7, 11) is 0. The average Bonchev–Trinajstić information content (AvgIpc) is 3.00. The molecule has 1 amide bonds. The van der Waals surface area contributed by atoms with Crippen LogP contribution in [0.2, 0.25) is 0 Å². The molecule has 2 rings (SSSR count). The van der Waals surface area contributed by atoms with Gasteiger partial charge in [-0.05, 0) is 37.0 Å². The first-order valence-electron chi connectivity index (χ1n) is 6.77. The molecular formula is C15H23NO. The molecule has 0 aromatic heterocycles. The highest BCUT2D eigenvalue weighted by Crippen LogP contribution is 2.43. The minimum absolute atomic E-state index is 0.160. The highest BCUT2D eigenvalue weighted by molar-refractivity contribution is 5.80. The fourth-order valence-electron chi connectivity index (χ4n) is 2.96. The topological polar surface area (TPSA) is 20.3 Å². The van der Waals surface area contributed by atoms with Crippen LogP contribution in [0.3, 0.4) is 0 Å². The molecule has 2 heteroatoms. The molecule has 94 valence electrons. The van der Waals surface area contributed by atoms with E-state index in [1.807, 2.05) is 4.90 Å². The summed E-state index contributed by atoms with van der Waals surface area (Å²) in [6.45, 7) is 5.80. The van der Waals surface area contributed by atoms with Crippen molar-refractivity contribution in [3.05, 3.63) is 0 Å². The fraction of sp³-hybridized carbons (Fsp3) is 0.800. The van der Waals surface area contributed by atoms with Crippen LogP contribution in [0.4, 0.5) is 0 Å². The van der Waals surface area contributed by atoms with Gasteiger partial charge in [-0.2, -0.15) is 0 Å². The van der Waals surface area contributed by atoms with Crippen molar-refractivity contribution in [2.45, 2.75) is 46.0 Å². The zero-order valence-corrected chi connectivity index (χ0v) is 11.0. The summed E-state index contributed by atoms with van der Waals surface area (Å²) in [6.07, 6.45) is 11.3. The van der Waals surface area contributed by atoms with Gasteiger partial charge in [-0.15, -0.1) is 6.42 Å². The van der Waals surface area contributed by atoms with Crippen LogP contribution in [-0.2, 0) is 4.79 Å². The third kappa shape index (κ3) is 2.83. The molecule has 2 aliphatic carbocycles. The van der Waals surface area contributed by atoms with Crippen LogP contribution < -0.4 is 0 Å². The maximum atomic E-state index is 12.5. The quantitative estimate of drug-likeness (QED) is 0.684. The largest absolute Gasteiger partial charge is 0.331 e. The minimum Gasteiger partial charge on any atom is -0.331 e. The predicted molar refractivity (Wildman–Crippen MR) is 69.3 cm³/mol. The zero-order chi connectivity index (χ0) is 12.5. The van der Waals surface area contributed by atoms with Crippen molar-refractivity contribution < 1.29 is 4.79 Å². The van der Waals surface area contributed by atoms with Crippen LogP contribution in [0.1, 0.15) is 46.0 Å². The lowest BCUT2D eigenvalue weighted by molar-refractivity contribution is -0.138. The van der Waals surface area contributed by atoms with Crippen molar-refractivity contribution in [3.8, 4) is 12.3 Å². The van der Waals surface area contributed by atoms with E-state index in [9.17, 15) is 4.79 Å². The first-order chi connectivity index (χ1) is 8.04. The van der Waals surface area contributed by atoms with Gasteiger partial charge in [0.1, 0.15) is 0 Å². The summed E-state index contributed by atoms with van der Waals surface area (Å²) in [5.74, 6) is 3.85. The van der Waals surface area contributed by atoms with Gasteiger partial charge >= 0.3 is 0 Å². The van der Waals surface area contributed by atoms with Gasteiger partial charge in [-0.3, -0.25) is 4.79 Å². The molecule has 0 radical (unpaired) electrons. The molecule has 1 unspecified atom stereocenters. The van der Waals surface area contributed by atoms with Gasteiger partial charge in [0, 0.05) is 12.5 Å². The first-order valence-corrected chi connectivity index (χ1v) is 6.77. The lowest BCUT2D eigenvalue weighted by atomic mass is 9.81. The summed E-state index contributed by atoms with van der Waals surface area (Å²) in [6, 6.07) is 0. The Morgan fingerprint density at radius 2 is 2.12 bits per heavy atom. The van der Waals surface area contributed by atoms with Gasteiger partial charge in [0.05, 0.1) is 6.54 Å². The lowest BCUT2D eigenvalue weighted by Crippen LogP contribution is -2.41. The second-order valence-electron chi connectivity index (χ2n) is 6.30. The van der Waals surface area contributed by atoms with Gasteiger partial charge < -0.3 is 4.90 Å². The van der Waals surface area contributed by atoms with E-state index in [1.165, 1.54) is 19.3 Å². The Labute approximate surface area is 105 Å². The molecule has 17 heavy (non-hydrogen) atoms. The van der Waals surface area contributed by atoms with Crippen LogP contribution in [0.5, 0.6) is 0 Å². The van der Waals surface area contributed by atoms with E-state index in [4.69, 9.17) is 6.42 Å². The van der Waals surface area contributed by atoms with Crippen molar-refractivity contribution in [2.24, 2.45) is 17.3 Å². The van der Waals surface area contributed by atoms with Gasteiger partial charge in [0.15, 0.2) is 0 Å². The Morgan fingerprint density at radius 3 is 2.59 bits per heavy atom. The van der Waals surface area contributed by atoms with Crippen LogP contribution in [-0.4, -0.2) is 23.9 Å². The van der Waals surface area contributed by atoms with Gasteiger partial charge in [-0.25, -0.2) is 0 Å². The van der Waals surface area contributed by atoms with E-state index in [-0.39, 0.29) is 11.3 Å². The average molecular weight is 233 g/mol. The molecule has 2 saturated carbocycles. The second kappa shape index (κ2) is 4.72. The smallest absolute Gasteiger partial charge is 0.227 e. The van der Waals surface area contributed by atoms with E-state index >= 15 is 0 Å². The molecule has 0 N–H and O–H groups in total. The molecule has 2 fully saturated rings. The number of rotatable bonds is 4. The Hall–Kier alpha value is -0.970. The van der Waals surface area contributed by atoms with E-state index in [2.05, 4.69) is 19.8 Å². The molecule has 0 spiro atoms. The molecule has 2 aliphatic rings. The molecule has 0 aliphatic heterocycles. The summed E-state index contributed by atoms with van der Waals surface area (Å²) in [5, 5.41) is 0. The summed E-state index contributed by atoms with van der Waals surface area (Å²) < 4.78 is 0. The maximum Gasteiger partial charge on any atom is 0.227 e. The van der Waals surface area contributed by atoms with Crippen molar-refractivity contribution in [2.75, 3.05) is 13.1 Å². The molecule has 0 bridgehead atoms. The number of hydrogen-bond donors (Lipinski definition) is 0. The van der Waals surface area contributed by atoms with Crippen LogP contribution in [0.15, 0.2) is 0 Å². The Bertz CT molecular complexity index is 335. The summed E-state index contributed by atoms with van der Waals surface area (Å²) in [5.41, 5.74) is 0.160. The summed E-state index contributed by atoms with van der Waals surface area (Å²) in [4.78, 5) is 14.5. The molecule has 0 aromatic rings. The number of carbonyl (C=O) groups excluding carboxylic acids is 1. The molecule has 2 nitrogen and oxygen atoms in total. The van der Waals surface area contributed by atoms with Gasteiger partial charge in [0.2, 0.25) is 5.91 Å². The Kier molecular flexibility index (Phi) is 3.47. The maximum absolute atomic E-state index is 12.5. The molecule has 1 atom stereocenters. The number of terminal acetylenes is 1. The third-order valence-corrected chi connectivity index (χ3v) is 4.32. The molecule has 0 aromatic carbocycles. The van der Waals surface area contributed by atoms with E-state index in [1.54, 1.807) is 0 Å². The van der Waals surface area contributed by atoms with Crippen molar-refractivity contribution in [1.82, 2.24) is 4.90 Å². The third-order valence-electron chi connectivity index (χ3n) is 4.32. The Morgan fingerprint density at radius 1 is 1.41 bits per heavy atom. The van der Waals surface area contributed by atoms with E-state index in [0.29, 0.717) is 12.5 Å². The number of carbonyl (C=O) groups is 1. The zero-order valence-electron chi connectivity index (χ0n) is 11.0. The van der Waals surface area contributed by atoms with Gasteiger partial charge in [0.25, 0.3) is 0 Å². The minimum atomic E-state index is 0.160. The summed E-state index contributed by atoms with van der Waals surface area (Å²) >= 11 is 0. The SMILES string of the molecule is C#CCN(CC1CC1)C(=O)C1CCCC1(C)C. The highest BCUT2D eigenvalue weighted by atomic mass is 16.2. The van der Waals surface area contributed by atoms with E-state index < -0.39 is 0 Å². The van der Waals surface area contributed by atoms with Crippen LogP contribution in [0, 0.1) is 29.6 Å². The van der Waals surface area contributed by atoms with Crippen LogP contribution >= 0.6 is 0 Å². The van der Waals surface area contributed by atoms with Crippen LogP contribution in [0.25, 0.3) is 0 Å². The highest BCUT2D eigenvalue weighted by Gasteiger charge is 2.41. The van der Waals surface area contributed by atoms with Crippen molar-refractivity contribution in [3.63, 3.8) is 0 Å². The monoisotopic (exact) mass is 233 g/mol. The molecule has 0 heterocycles. The van der Waals surface area contributed by atoms with Crippen molar-refractivity contribution in [1.29, 1.82) is 0 Å². The lowest BCUT2D eigenvalue weighted by Gasteiger charge is -2.31. The Balaban J connectivity index is 2.02. The standard InChI is InChI=1S/C15H23NO/c1-4-10-16(11-12-7-8-12)14(17)13-6-5-9-15(13,2)3/h1,12-13H,5-11H2,2-3H3. The first kappa shape index (κ1) is 12.5. The number of hydrogen-bond acceptors (Lipinski definition) is 1. The van der Waals surface area contributed by atoms with Gasteiger partial charge in [-0.1, -0.05) is 26.2 Å². The number of amides is 1. The predicted octanol–water partition coefficient (Wildman–Crippen LogP) is 2.68. The molecular weight excluding hydrogens is 210 g/mol. The second-order valence-corrected chi connectivity index (χ2v) is 6.30. The fourth-order valence-corrected chi connectivity index (χ4v) is 2.96. The number of nitrogens with zero attached hydrogens (tertiary/aromatic N) is 1. The normalized spacial score (nSPS) is 26.5. The molecule has 0 saturated heterocycles. The van der Waals surface area contributed by atoms with Crippen molar-refractivity contribution >= 4 is 5.91 Å². The van der Waals surface area contributed by atoms with E-state index in [0.717, 1.165) is 25.3 Å².